The molecule has 2 aromatic carbocycles. The fourth-order valence-electron chi connectivity index (χ4n) is 5.09. The van der Waals surface area contributed by atoms with E-state index >= 15 is 0 Å². The minimum Gasteiger partial charge on any atom is -0.489 e. The van der Waals surface area contributed by atoms with E-state index in [1.54, 1.807) is 17.6 Å². The smallest absolute Gasteiger partial charge is 0.338 e. The number of thiazole rings is 1. The summed E-state index contributed by atoms with van der Waals surface area (Å²) >= 11 is 2.77. The van der Waals surface area contributed by atoms with Crippen LogP contribution >= 0.6 is 22.7 Å². The maximum Gasteiger partial charge on any atom is 0.338 e. The summed E-state index contributed by atoms with van der Waals surface area (Å²) < 4.78 is 14.8. The van der Waals surface area contributed by atoms with Gasteiger partial charge in [0.2, 0.25) is 0 Å². The average Bonchev–Trinajstić information content (AvgIpc) is 3.76. The summed E-state index contributed by atoms with van der Waals surface area (Å²) in [6.45, 7) is 7.90. The first kappa shape index (κ1) is 28.3. The second kappa shape index (κ2) is 11.8. The number of nitrogens with zero attached hydrogens (tertiary/aromatic N) is 4. The summed E-state index contributed by atoms with van der Waals surface area (Å²) in [6.07, 6.45) is 5.48. The van der Waals surface area contributed by atoms with Crippen molar-refractivity contribution < 1.29 is 14.3 Å². The van der Waals surface area contributed by atoms with Gasteiger partial charge >= 0.3 is 5.97 Å². The number of para-hydroxylation sites is 1. The normalized spacial score (nSPS) is 14.8. The molecule has 5 aromatic rings. The molecular weight excluding hydrogens is 581 g/mol. The quantitative estimate of drug-likeness (QED) is 0.179. The Balaban J connectivity index is 1.53. The van der Waals surface area contributed by atoms with Gasteiger partial charge in [0.1, 0.15) is 24.1 Å². The highest BCUT2D eigenvalue weighted by Crippen LogP contribution is 2.33. The number of aryl methyl sites for hydroxylation is 1. The van der Waals surface area contributed by atoms with Gasteiger partial charge in [0, 0.05) is 22.2 Å². The van der Waals surface area contributed by atoms with E-state index in [1.807, 2.05) is 89.9 Å². The lowest BCUT2D eigenvalue weighted by Gasteiger charge is -2.22. The number of esters is 1. The summed E-state index contributed by atoms with van der Waals surface area (Å²) in [6, 6.07) is 18.9. The Morgan fingerprint density at radius 1 is 1.12 bits per heavy atom. The summed E-state index contributed by atoms with van der Waals surface area (Å²) in [5.41, 5.74) is 4.88. The monoisotopic (exact) mass is 608 g/mol. The molecule has 6 rings (SSSR count). The van der Waals surface area contributed by atoms with Crippen molar-refractivity contribution in [2.45, 2.75) is 19.9 Å². The van der Waals surface area contributed by atoms with Crippen molar-refractivity contribution in [3.05, 3.63) is 132 Å². The Labute approximate surface area is 255 Å². The molecule has 43 heavy (non-hydrogen) atoms. The SMILES string of the molecule is C=CCOc1ccc(-c2nn(-c3ccccc3)cc2/C=c2\sc3n(c2=O)[C@@H](c2cccs2)C(C(=O)OC)=C(C)N=3)cc1C. The van der Waals surface area contributed by atoms with Crippen molar-refractivity contribution in [3.63, 3.8) is 0 Å². The molecule has 1 aliphatic rings. The van der Waals surface area contributed by atoms with Crippen LogP contribution in [0.1, 0.15) is 29.0 Å². The van der Waals surface area contributed by atoms with Crippen LogP contribution < -0.4 is 19.6 Å². The molecule has 4 heterocycles. The van der Waals surface area contributed by atoms with E-state index in [0.29, 0.717) is 32.9 Å². The van der Waals surface area contributed by atoms with Gasteiger partial charge in [-0.05, 0) is 67.3 Å². The van der Waals surface area contributed by atoms with Crippen LogP contribution in [-0.4, -0.2) is 34.0 Å². The standard InChI is InChI=1S/C33H28N4O4S2/c1-5-15-41-25-14-13-22(17-20(25)2)29-23(19-36(35-29)24-10-7-6-8-11-24)18-27-31(38)37-30(26-12-9-16-42-26)28(32(39)40-4)21(3)34-33(37)43-27/h5-14,16-19,30H,1,15H2,2-4H3/b27-18-/t30-/m0/s1. The topological polar surface area (TPSA) is 87.7 Å². The van der Waals surface area contributed by atoms with Crippen LogP contribution in [0.5, 0.6) is 5.75 Å². The number of allylic oxidation sites excluding steroid dienone is 1. The molecule has 0 spiro atoms. The third-order valence-electron chi connectivity index (χ3n) is 7.09. The number of hydrogen-bond donors (Lipinski definition) is 0. The summed E-state index contributed by atoms with van der Waals surface area (Å²) in [5, 5.41) is 6.86. The van der Waals surface area contributed by atoms with Gasteiger partial charge < -0.3 is 9.47 Å². The van der Waals surface area contributed by atoms with E-state index in [9.17, 15) is 9.59 Å². The molecule has 8 nitrogen and oxygen atoms in total. The van der Waals surface area contributed by atoms with Gasteiger partial charge in [-0.15, -0.1) is 11.3 Å². The molecule has 0 fully saturated rings. The Hall–Kier alpha value is -4.80. The number of hydrogen-bond acceptors (Lipinski definition) is 8. The number of thiophene rings is 1. The van der Waals surface area contributed by atoms with Crippen LogP contribution in [0.15, 0.2) is 106 Å². The Kier molecular flexibility index (Phi) is 7.79. The number of benzene rings is 2. The predicted molar refractivity (Wildman–Crippen MR) is 170 cm³/mol. The first-order chi connectivity index (χ1) is 20.9. The average molecular weight is 609 g/mol. The molecule has 0 saturated heterocycles. The van der Waals surface area contributed by atoms with E-state index in [1.165, 1.54) is 29.8 Å². The predicted octanol–water partition coefficient (Wildman–Crippen LogP) is 5.20. The van der Waals surface area contributed by atoms with E-state index in [-0.39, 0.29) is 5.56 Å². The van der Waals surface area contributed by atoms with Gasteiger partial charge in [-0.1, -0.05) is 48.3 Å². The second-order valence-corrected chi connectivity index (χ2v) is 11.9. The molecule has 0 saturated carbocycles. The molecule has 0 radical (unpaired) electrons. The number of carbonyl (C=O) groups excluding carboxylic acids is 1. The minimum absolute atomic E-state index is 0.237. The lowest BCUT2D eigenvalue weighted by molar-refractivity contribution is -0.136. The molecule has 0 bridgehead atoms. The number of rotatable bonds is 8. The maximum atomic E-state index is 14.1. The zero-order valence-corrected chi connectivity index (χ0v) is 25.4. The molecule has 0 N–H and O–H groups in total. The minimum atomic E-state index is -0.622. The molecule has 1 atom stereocenters. The molecule has 0 amide bonds. The lowest BCUT2D eigenvalue weighted by atomic mass is 10.0. The van der Waals surface area contributed by atoms with Crippen molar-refractivity contribution in [2.24, 2.45) is 4.99 Å². The van der Waals surface area contributed by atoms with Crippen molar-refractivity contribution in [2.75, 3.05) is 13.7 Å². The third-order valence-corrected chi connectivity index (χ3v) is 9.00. The molecule has 3 aromatic heterocycles. The molecule has 0 aliphatic carbocycles. The maximum absolute atomic E-state index is 14.1. The summed E-state index contributed by atoms with van der Waals surface area (Å²) in [4.78, 5) is 33.0. The van der Waals surface area contributed by atoms with Gasteiger partial charge in [-0.25, -0.2) is 14.5 Å². The van der Waals surface area contributed by atoms with Crippen molar-refractivity contribution in [3.8, 4) is 22.7 Å². The van der Waals surface area contributed by atoms with E-state index < -0.39 is 12.0 Å². The van der Waals surface area contributed by atoms with Gasteiger partial charge in [-0.2, -0.15) is 5.10 Å². The molecular formula is C33H28N4O4S2. The van der Waals surface area contributed by atoms with Crippen molar-refractivity contribution in [1.82, 2.24) is 14.3 Å². The zero-order valence-electron chi connectivity index (χ0n) is 23.8. The van der Waals surface area contributed by atoms with Crippen LogP contribution in [0.25, 0.3) is 23.0 Å². The number of fused-ring (bicyclic) bond motifs is 1. The Bertz CT molecular complexity index is 2050. The number of carbonyl (C=O) groups is 1. The fourth-order valence-corrected chi connectivity index (χ4v) is 6.95. The Morgan fingerprint density at radius 3 is 2.63 bits per heavy atom. The number of ether oxygens (including phenoxy) is 2. The first-order valence-electron chi connectivity index (χ1n) is 13.5. The van der Waals surface area contributed by atoms with Gasteiger partial charge in [-0.3, -0.25) is 9.36 Å². The molecule has 10 heteroatoms. The highest BCUT2D eigenvalue weighted by Gasteiger charge is 2.33. The Morgan fingerprint density at radius 2 is 1.93 bits per heavy atom. The highest BCUT2D eigenvalue weighted by atomic mass is 32.1. The van der Waals surface area contributed by atoms with E-state index in [4.69, 9.17) is 14.6 Å². The van der Waals surface area contributed by atoms with Crippen LogP contribution in [0, 0.1) is 6.92 Å². The van der Waals surface area contributed by atoms with Crippen LogP contribution in [0.3, 0.4) is 0 Å². The number of methoxy groups -OCH3 is 1. The van der Waals surface area contributed by atoms with Crippen molar-refractivity contribution in [1.29, 1.82) is 0 Å². The van der Waals surface area contributed by atoms with Crippen molar-refractivity contribution >= 4 is 34.7 Å². The van der Waals surface area contributed by atoms with E-state index in [0.717, 1.165) is 33.0 Å². The zero-order chi connectivity index (χ0) is 30.1. The van der Waals surface area contributed by atoms with E-state index in [2.05, 4.69) is 11.6 Å². The molecule has 1 aliphatic heterocycles. The lowest BCUT2D eigenvalue weighted by Crippen LogP contribution is -2.39. The first-order valence-corrected chi connectivity index (χ1v) is 15.2. The van der Waals surface area contributed by atoms with Gasteiger partial charge in [0.15, 0.2) is 4.80 Å². The van der Waals surface area contributed by atoms with Gasteiger partial charge in [0.25, 0.3) is 5.56 Å². The van der Waals surface area contributed by atoms with Crippen LogP contribution in [0.4, 0.5) is 0 Å². The molecule has 0 unspecified atom stereocenters. The molecule has 216 valence electrons. The van der Waals surface area contributed by atoms with Crippen LogP contribution in [0.2, 0.25) is 0 Å². The van der Waals surface area contributed by atoms with Gasteiger partial charge in [0.05, 0.1) is 28.6 Å². The summed E-state index contributed by atoms with van der Waals surface area (Å²) in [5.74, 6) is 0.266. The largest absolute Gasteiger partial charge is 0.489 e. The fraction of sp³-hybridized carbons (Fsp3) is 0.152. The third kappa shape index (κ3) is 5.31. The summed E-state index contributed by atoms with van der Waals surface area (Å²) in [7, 11) is 1.34. The van der Waals surface area contributed by atoms with Crippen LogP contribution in [-0.2, 0) is 9.53 Å². The second-order valence-electron chi connectivity index (χ2n) is 9.88. The number of aromatic nitrogens is 3. The highest BCUT2D eigenvalue weighted by molar-refractivity contribution is 7.10.